The van der Waals surface area contributed by atoms with Crippen LogP contribution in [0.4, 0.5) is 0 Å². The van der Waals surface area contributed by atoms with Crippen LogP contribution in [0, 0.1) is 19.8 Å². The molecule has 0 bridgehead atoms. The van der Waals surface area contributed by atoms with Gasteiger partial charge in [0.05, 0.1) is 0 Å². The van der Waals surface area contributed by atoms with Crippen LogP contribution in [0.15, 0.2) is 18.2 Å². The van der Waals surface area contributed by atoms with Gasteiger partial charge >= 0.3 is 0 Å². The summed E-state index contributed by atoms with van der Waals surface area (Å²) in [6.45, 7) is 4.03. The summed E-state index contributed by atoms with van der Waals surface area (Å²) in [6, 6.07) is 6.03. The van der Waals surface area contributed by atoms with E-state index in [-0.39, 0.29) is 11.8 Å². The Morgan fingerprint density at radius 1 is 1.44 bits per heavy atom. The van der Waals surface area contributed by atoms with Crippen LogP contribution in [0.1, 0.15) is 40.7 Å². The van der Waals surface area contributed by atoms with Crippen LogP contribution >= 0.6 is 0 Å². The number of hydrogen-bond donors (Lipinski definition) is 1. The first-order valence-electron chi connectivity index (χ1n) is 5.94. The lowest BCUT2D eigenvalue weighted by Gasteiger charge is -2.11. The highest BCUT2D eigenvalue weighted by molar-refractivity contribution is 5.97. The molecule has 86 valence electrons. The van der Waals surface area contributed by atoms with Gasteiger partial charge in [-0.1, -0.05) is 23.8 Å². The van der Waals surface area contributed by atoms with Crippen LogP contribution in [0.2, 0.25) is 0 Å². The van der Waals surface area contributed by atoms with Gasteiger partial charge in [-0.3, -0.25) is 4.79 Å². The highest BCUT2D eigenvalue weighted by atomic mass is 16.1. The van der Waals surface area contributed by atoms with Gasteiger partial charge in [-0.2, -0.15) is 0 Å². The molecule has 2 N–H and O–H groups in total. The molecule has 0 radical (unpaired) electrons. The van der Waals surface area contributed by atoms with Crippen LogP contribution in [-0.2, 0) is 0 Å². The van der Waals surface area contributed by atoms with E-state index in [0.717, 1.165) is 11.1 Å². The first kappa shape index (κ1) is 11.3. The molecule has 16 heavy (non-hydrogen) atoms. The summed E-state index contributed by atoms with van der Waals surface area (Å²) in [6.07, 6.45) is 2.89. The molecule has 2 nitrogen and oxygen atoms in total. The molecule has 1 aliphatic rings. The molecule has 1 atom stereocenters. The Bertz CT molecular complexity index is 407. The van der Waals surface area contributed by atoms with Crippen molar-refractivity contribution in [2.24, 2.45) is 11.7 Å². The Morgan fingerprint density at radius 3 is 2.69 bits per heavy atom. The molecule has 1 aromatic rings. The molecule has 0 saturated heterocycles. The van der Waals surface area contributed by atoms with E-state index in [1.54, 1.807) is 0 Å². The number of hydrogen-bond acceptors (Lipinski definition) is 2. The Morgan fingerprint density at radius 2 is 2.12 bits per heavy atom. The zero-order chi connectivity index (χ0) is 11.7. The Hall–Kier alpha value is -1.15. The van der Waals surface area contributed by atoms with Crippen LogP contribution in [0.25, 0.3) is 0 Å². The third-order valence-electron chi connectivity index (χ3n) is 3.33. The minimum Gasteiger partial charge on any atom is -0.327 e. The van der Waals surface area contributed by atoms with E-state index in [1.807, 2.05) is 26.0 Å². The lowest BCUT2D eigenvalue weighted by molar-refractivity contribution is 0.0971. The molecule has 0 heterocycles. The van der Waals surface area contributed by atoms with Gasteiger partial charge in [0.2, 0.25) is 0 Å². The van der Waals surface area contributed by atoms with Gasteiger partial charge < -0.3 is 5.73 Å². The van der Waals surface area contributed by atoms with Crippen molar-refractivity contribution in [3.8, 4) is 0 Å². The van der Waals surface area contributed by atoms with Gasteiger partial charge in [-0.05, 0) is 38.2 Å². The summed E-state index contributed by atoms with van der Waals surface area (Å²) in [5, 5.41) is 0. The van der Waals surface area contributed by atoms with Crippen molar-refractivity contribution in [3.63, 3.8) is 0 Å². The van der Waals surface area contributed by atoms with Crippen LogP contribution in [0.5, 0.6) is 0 Å². The zero-order valence-corrected chi connectivity index (χ0v) is 9.99. The van der Waals surface area contributed by atoms with Gasteiger partial charge in [0, 0.05) is 18.0 Å². The smallest absolute Gasteiger partial charge is 0.164 e. The van der Waals surface area contributed by atoms with Gasteiger partial charge in [-0.15, -0.1) is 0 Å². The van der Waals surface area contributed by atoms with Crippen molar-refractivity contribution in [2.45, 2.75) is 39.2 Å². The van der Waals surface area contributed by atoms with Crippen molar-refractivity contribution in [2.75, 3.05) is 0 Å². The van der Waals surface area contributed by atoms with Gasteiger partial charge in [0.1, 0.15) is 0 Å². The highest BCUT2D eigenvalue weighted by Crippen LogP contribution is 2.33. The monoisotopic (exact) mass is 217 g/mol. The molecule has 0 aliphatic heterocycles. The van der Waals surface area contributed by atoms with E-state index in [0.29, 0.717) is 12.3 Å². The average Bonchev–Trinajstić information content (AvgIpc) is 2.99. The molecule has 0 spiro atoms. The van der Waals surface area contributed by atoms with Crippen molar-refractivity contribution in [1.82, 2.24) is 0 Å². The largest absolute Gasteiger partial charge is 0.327 e. The van der Waals surface area contributed by atoms with Crippen molar-refractivity contribution < 1.29 is 4.79 Å². The molecule has 2 rings (SSSR count). The average molecular weight is 217 g/mol. The Labute approximate surface area is 96.8 Å². The molecular weight excluding hydrogens is 198 g/mol. The lowest BCUT2D eigenvalue weighted by Crippen LogP contribution is -2.26. The summed E-state index contributed by atoms with van der Waals surface area (Å²) >= 11 is 0. The third-order valence-corrected chi connectivity index (χ3v) is 3.33. The summed E-state index contributed by atoms with van der Waals surface area (Å²) < 4.78 is 0. The van der Waals surface area contributed by atoms with E-state index in [2.05, 4.69) is 6.07 Å². The zero-order valence-electron chi connectivity index (χ0n) is 9.99. The molecule has 0 amide bonds. The fourth-order valence-corrected chi connectivity index (χ4v) is 2.14. The first-order chi connectivity index (χ1) is 7.58. The van der Waals surface area contributed by atoms with E-state index < -0.39 is 0 Å². The van der Waals surface area contributed by atoms with E-state index in [9.17, 15) is 4.79 Å². The van der Waals surface area contributed by atoms with E-state index >= 15 is 0 Å². The predicted octanol–water partition coefficient (Wildman–Crippen LogP) is 2.61. The fourth-order valence-electron chi connectivity index (χ4n) is 2.14. The summed E-state index contributed by atoms with van der Waals surface area (Å²) in [5.41, 5.74) is 9.07. The minimum atomic E-state index is 0.0632. The number of carbonyl (C=O) groups excluding carboxylic acids is 1. The summed E-state index contributed by atoms with van der Waals surface area (Å²) in [5.74, 6) is 0.784. The maximum atomic E-state index is 12.0. The van der Waals surface area contributed by atoms with Crippen LogP contribution in [-0.4, -0.2) is 11.8 Å². The van der Waals surface area contributed by atoms with Crippen LogP contribution < -0.4 is 5.73 Å². The minimum absolute atomic E-state index is 0.0632. The fraction of sp³-hybridized carbons (Fsp3) is 0.500. The second-order valence-electron chi connectivity index (χ2n) is 4.95. The number of benzene rings is 1. The van der Waals surface area contributed by atoms with Crippen molar-refractivity contribution in [3.05, 3.63) is 34.9 Å². The number of rotatable bonds is 4. The quantitative estimate of drug-likeness (QED) is 0.788. The number of carbonyl (C=O) groups is 1. The van der Waals surface area contributed by atoms with E-state index in [1.165, 1.54) is 18.4 Å². The van der Waals surface area contributed by atoms with Gasteiger partial charge in [0.25, 0.3) is 0 Å². The summed E-state index contributed by atoms with van der Waals surface area (Å²) in [7, 11) is 0. The van der Waals surface area contributed by atoms with Gasteiger partial charge in [0.15, 0.2) is 5.78 Å². The maximum absolute atomic E-state index is 12.0. The first-order valence-corrected chi connectivity index (χ1v) is 5.94. The molecule has 1 aliphatic carbocycles. The Balaban J connectivity index is 2.07. The molecule has 1 saturated carbocycles. The molecule has 1 fully saturated rings. The van der Waals surface area contributed by atoms with Gasteiger partial charge in [-0.25, -0.2) is 0 Å². The predicted molar refractivity (Wildman–Crippen MR) is 65.6 cm³/mol. The normalized spacial score (nSPS) is 17.2. The molecule has 1 aromatic carbocycles. The second-order valence-corrected chi connectivity index (χ2v) is 4.95. The molecule has 2 heteroatoms. The van der Waals surface area contributed by atoms with Crippen molar-refractivity contribution >= 4 is 5.78 Å². The van der Waals surface area contributed by atoms with Crippen molar-refractivity contribution in [1.29, 1.82) is 0 Å². The third kappa shape index (κ3) is 2.50. The number of ketones is 1. The topological polar surface area (TPSA) is 43.1 Å². The molecular formula is C14H19NO. The maximum Gasteiger partial charge on any atom is 0.164 e. The number of aryl methyl sites for hydroxylation is 2. The van der Waals surface area contributed by atoms with Crippen LogP contribution in [0.3, 0.4) is 0 Å². The molecule has 1 unspecified atom stereocenters. The summed E-state index contributed by atoms with van der Waals surface area (Å²) in [4.78, 5) is 12.0. The second kappa shape index (κ2) is 4.38. The standard InChI is InChI=1S/C14H19NO/c1-9-3-6-12(10(2)7-9)14(16)8-13(15)11-4-5-11/h3,6-7,11,13H,4-5,8,15H2,1-2H3. The number of nitrogens with two attached hydrogens (primary N) is 1. The highest BCUT2D eigenvalue weighted by Gasteiger charge is 2.30. The SMILES string of the molecule is Cc1ccc(C(=O)CC(N)C2CC2)c(C)c1. The van der Waals surface area contributed by atoms with E-state index in [4.69, 9.17) is 5.73 Å². The number of Topliss-reactive ketones (excluding diaryl/α,β-unsaturated/α-hetero) is 1. The molecule has 0 aromatic heterocycles. The lowest BCUT2D eigenvalue weighted by atomic mass is 9.97. The Kier molecular flexibility index (Phi) is 3.10.